The lowest BCUT2D eigenvalue weighted by Crippen LogP contribution is -2.27. The number of hydrogen-bond donors (Lipinski definition) is 0. The van der Waals surface area contributed by atoms with Crippen molar-refractivity contribution in [3.05, 3.63) is 35.4 Å². The number of carbonyl (C=O) groups excluding carboxylic acids is 1. The lowest BCUT2D eigenvalue weighted by atomic mass is 10.1. The average molecular weight is 329 g/mol. The summed E-state index contributed by atoms with van der Waals surface area (Å²) in [6.45, 7) is 1.78. The molecular formula is C16H19N5OS. The van der Waals surface area contributed by atoms with Gasteiger partial charge in [-0.2, -0.15) is 0 Å². The second-order valence-corrected chi connectivity index (χ2v) is 7.06. The van der Waals surface area contributed by atoms with Crippen molar-refractivity contribution in [1.29, 1.82) is 0 Å². The van der Waals surface area contributed by atoms with Crippen LogP contribution in [0.2, 0.25) is 0 Å². The standard InChI is InChI=1S/C16H19N5OS/c22-15(20-9-1-2-10-20)13-5-3-12(4-6-13)11-23-16-17-18-19-21(16)14-7-8-14/h3-6,14H,1-2,7-11H2. The molecule has 0 bridgehead atoms. The van der Waals surface area contributed by atoms with Gasteiger partial charge in [0.1, 0.15) is 0 Å². The molecule has 2 aromatic rings. The number of likely N-dealkylation sites (tertiary alicyclic amines) is 1. The third-order valence-corrected chi connectivity index (χ3v) is 5.32. The summed E-state index contributed by atoms with van der Waals surface area (Å²) in [5, 5.41) is 12.8. The molecule has 0 unspecified atom stereocenters. The second kappa shape index (κ2) is 6.31. The third-order valence-electron chi connectivity index (χ3n) is 4.32. The molecule has 6 nitrogen and oxygen atoms in total. The topological polar surface area (TPSA) is 63.9 Å². The molecule has 1 aromatic heterocycles. The molecule has 23 heavy (non-hydrogen) atoms. The molecule has 1 amide bonds. The number of hydrogen-bond acceptors (Lipinski definition) is 5. The van der Waals surface area contributed by atoms with E-state index in [1.807, 2.05) is 33.8 Å². The van der Waals surface area contributed by atoms with Gasteiger partial charge in [-0.3, -0.25) is 4.79 Å². The number of benzene rings is 1. The SMILES string of the molecule is O=C(c1ccc(CSc2nnnn2C2CC2)cc1)N1CCCC1. The minimum Gasteiger partial charge on any atom is -0.339 e. The van der Waals surface area contributed by atoms with Crippen LogP contribution in [0.3, 0.4) is 0 Å². The molecule has 2 aliphatic rings. The predicted molar refractivity (Wildman–Crippen MR) is 87.2 cm³/mol. The second-order valence-electron chi connectivity index (χ2n) is 6.12. The van der Waals surface area contributed by atoms with E-state index in [0.29, 0.717) is 6.04 Å². The maximum absolute atomic E-state index is 12.3. The monoisotopic (exact) mass is 329 g/mol. The summed E-state index contributed by atoms with van der Waals surface area (Å²) in [5.74, 6) is 0.963. The largest absolute Gasteiger partial charge is 0.339 e. The van der Waals surface area contributed by atoms with Gasteiger partial charge in [0.15, 0.2) is 0 Å². The van der Waals surface area contributed by atoms with E-state index < -0.39 is 0 Å². The number of amides is 1. The summed E-state index contributed by atoms with van der Waals surface area (Å²) in [6.07, 6.45) is 4.59. The van der Waals surface area contributed by atoms with E-state index in [9.17, 15) is 4.79 Å². The third kappa shape index (κ3) is 3.24. The van der Waals surface area contributed by atoms with Gasteiger partial charge in [-0.05, 0) is 53.8 Å². The minimum atomic E-state index is 0.152. The Morgan fingerprint density at radius 2 is 1.91 bits per heavy atom. The Kier molecular flexibility index (Phi) is 4.03. The van der Waals surface area contributed by atoms with Crippen LogP contribution in [-0.4, -0.2) is 44.1 Å². The fourth-order valence-corrected chi connectivity index (χ4v) is 3.72. The fraction of sp³-hybridized carbons (Fsp3) is 0.500. The van der Waals surface area contributed by atoms with E-state index in [-0.39, 0.29) is 5.91 Å². The van der Waals surface area contributed by atoms with Crippen LogP contribution in [0.15, 0.2) is 29.4 Å². The van der Waals surface area contributed by atoms with Gasteiger partial charge in [0.2, 0.25) is 5.16 Å². The van der Waals surface area contributed by atoms with E-state index >= 15 is 0 Å². The van der Waals surface area contributed by atoms with Crippen molar-refractivity contribution in [3.63, 3.8) is 0 Å². The first-order valence-corrected chi connectivity index (χ1v) is 9.09. The van der Waals surface area contributed by atoms with Gasteiger partial charge in [-0.1, -0.05) is 23.9 Å². The highest BCUT2D eigenvalue weighted by atomic mass is 32.2. The van der Waals surface area contributed by atoms with Crippen LogP contribution in [0.4, 0.5) is 0 Å². The highest BCUT2D eigenvalue weighted by Gasteiger charge is 2.27. The van der Waals surface area contributed by atoms with Gasteiger partial charge in [0.05, 0.1) is 6.04 Å². The van der Waals surface area contributed by atoms with Crippen LogP contribution >= 0.6 is 11.8 Å². The highest BCUT2D eigenvalue weighted by molar-refractivity contribution is 7.98. The van der Waals surface area contributed by atoms with Crippen molar-refractivity contribution < 1.29 is 4.79 Å². The van der Waals surface area contributed by atoms with Gasteiger partial charge < -0.3 is 4.90 Å². The first-order chi connectivity index (χ1) is 11.3. The number of nitrogens with zero attached hydrogens (tertiary/aromatic N) is 5. The molecule has 0 spiro atoms. The maximum Gasteiger partial charge on any atom is 0.253 e. The smallest absolute Gasteiger partial charge is 0.253 e. The first-order valence-electron chi connectivity index (χ1n) is 8.10. The molecule has 1 saturated carbocycles. The van der Waals surface area contributed by atoms with E-state index in [4.69, 9.17) is 0 Å². The Labute approximate surface area is 139 Å². The molecule has 2 fully saturated rings. The molecule has 4 rings (SSSR count). The zero-order chi connectivity index (χ0) is 15.6. The van der Waals surface area contributed by atoms with Crippen molar-refractivity contribution >= 4 is 17.7 Å². The molecule has 7 heteroatoms. The summed E-state index contributed by atoms with van der Waals surface area (Å²) >= 11 is 1.65. The van der Waals surface area contributed by atoms with Crippen LogP contribution in [-0.2, 0) is 5.75 Å². The van der Waals surface area contributed by atoms with Crippen molar-refractivity contribution in [2.24, 2.45) is 0 Å². The summed E-state index contributed by atoms with van der Waals surface area (Å²) in [4.78, 5) is 14.3. The number of tetrazole rings is 1. The Morgan fingerprint density at radius 3 is 2.61 bits per heavy atom. The molecule has 2 heterocycles. The molecule has 1 aliphatic carbocycles. The summed E-state index contributed by atoms with van der Waals surface area (Å²) in [6, 6.07) is 8.41. The molecule has 1 saturated heterocycles. The van der Waals surface area contributed by atoms with Gasteiger partial charge in [-0.15, -0.1) is 5.10 Å². The average Bonchev–Trinajstić information content (AvgIpc) is 3.10. The van der Waals surface area contributed by atoms with Crippen LogP contribution in [0, 0.1) is 0 Å². The molecule has 0 radical (unpaired) electrons. The zero-order valence-electron chi connectivity index (χ0n) is 12.9. The molecule has 0 N–H and O–H groups in total. The molecule has 0 atom stereocenters. The molecule has 120 valence electrons. The summed E-state index contributed by atoms with van der Waals surface area (Å²) < 4.78 is 1.93. The van der Waals surface area contributed by atoms with Crippen molar-refractivity contribution in [2.45, 2.75) is 42.6 Å². The van der Waals surface area contributed by atoms with Crippen LogP contribution in [0.1, 0.15) is 47.6 Å². The fourth-order valence-electron chi connectivity index (χ4n) is 2.82. The van der Waals surface area contributed by atoms with Crippen LogP contribution < -0.4 is 0 Å². The molecule has 1 aromatic carbocycles. The predicted octanol–water partition coefficient (Wildman–Crippen LogP) is 2.54. The number of aromatic nitrogens is 4. The first kappa shape index (κ1) is 14.7. The normalized spacial score (nSPS) is 17.7. The van der Waals surface area contributed by atoms with E-state index in [1.54, 1.807) is 11.8 Å². The van der Waals surface area contributed by atoms with E-state index in [0.717, 1.165) is 42.4 Å². The summed E-state index contributed by atoms with van der Waals surface area (Å²) in [5.41, 5.74) is 1.96. The van der Waals surface area contributed by atoms with Gasteiger partial charge in [-0.25, -0.2) is 4.68 Å². The maximum atomic E-state index is 12.3. The van der Waals surface area contributed by atoms with Gasteiger partial charge in [0, 0.05) is 24.4 Å². The zero-order valence-corrected chi connectivity index (χ0v) is 13.7. The van der Waals surface area contributed by atoms with Crippen LogP contribution in [0.25, 0.3) is 0 Å². The van der Waals surface area contributed by atoms with Crippen LogP contribution in [0.5, 0.6) is 0 Å². The Hall–Kier alpha value is -1.89. The van der Waals surface area contributed by atoms with E-state index in [1.165, 1.54) is 18.4 Å². The van der Waals surface area contributed by atoms with Gasteiger partial charge >= 0.3 is 0 Å². The minimum absolute atomic E-state index is 0.152. The lowest BCUT2D eigenvalue weighted by Gasteiger charge is -2.15. The van der Waals surface area contributed by atoms with Crippen molar-refractivity contribution in [3.8, 4) is 0 Å². The number of thioether (sulfide) groups is 1. The Bertz CT molecular complexity index is 689. The van der Waals surface area contributed by atoms with Crippen molar-refractivity contribution in [1.82, 2.24) is 25.1 Å². The highest BCUT2D eigenvalue weighted by Crippen LogP contribution is 2.36. The Balaban J connectivity index is 1.38. The molecular weight excluding hydrogens is 310 g/mol. The number of rotatable bonds is 5. The van der Waals surface area contributed by atoms with E-state index in [2.05, 4.69) is 15.5 Å². The number of carbonyl (C=O) groups is 1. The lowest BCUT2D eigenvalue weighted by molar-refractivity contribution is 0.0793. The Morgan fingerprint density at radius 1 is 1.17 bits per heavy atom. The molecule has 1 aliphatic heterocycles. The van der Waals surface area contributed by atoms with Crippen molar-refractivity contribution in [2.75, 3.05) is 13.1 Å². The van der Waals surface area contributed by atoms with Gasteiger partial charge in [0.25, 0.3) is 5.91 Å². The quantitative estimate of drug-likeness (QED) is 0.789. The summed E-state index contributed by atoms with van der Waals surface area (Å²) in [7, 11) is 0.